The minimum Gasteiger partial charge on any atom is -0.324 e. The molecule has 1 aromatic heterocycles. The van der Waals surface area contributed by atoms with Crippen molar-refractivity contribution >= 4 is 15.2 Å². The number of rotatable bonds is 18. The summed E-state index contributed by atoms with van der Waals surface area (Å²) in [6.45, 7) is 2.61. The third kappa shape index (κ3) is 12.4. The molecule has 1 aromatic rings. The minimum absolute atomic E-state index is 0.417. The van der Waals surface area contributed by atoms with Crippen molar-refractivity contribution in [3.8, 4) is 0 Å². The summed E-state index contributed by atoms with van der Waals surface area (Å²) < 4.78 is 26.1. The summed E-state index contributed by atoms with van der Waals surface area (Å²) in [4.78, 5) is 36.9. The minimum atomic E-state index is -4.90. The monoisotopic (exact) mass is 467 g/mol. The Bertz CT molecular complexity index is 648. The second-order valence-corrected chi connectivity index (χ2v) is 12.3. The molecular weight excluding hydrogens is 426 g/mol. The molecule has 10 heteroatoms. The molecule has 0 spiro atoms. The maximum atomic E-state index is 11.4. The van der Waals surface area contributed by atoms with Gasteiger partial charge in [0.25, 0.3) is 0 Å². The van der Waals surface area contributed by atoms with E-state index in [2.05, 4.69) is 6.92 Å². The molecule has 0 aliphatic rings. The first-order chi connectivity index (χ1) is 14.1. The van der Waals surface area contributed by atoms with Crippen molar-refractivity contribution in [2.24, 2.45) is 0 Å². The van der Waals surface area contributed by atoms with Gasteiger partial charge in [0.15, 0.2) is 5.40 Å². The Morgan fingerprint density at radius 3 is 1.63 bits per heavy atom. The predicted octanol–water partition coefficient (Wildman–Crippen LogP) is 4.55. The summed E-state index contributed by atoms with van der Waals surface area (Å²) in [6, 6.07) is 0. The summed E-state index contributed by atoms with van der Waals surface area (Å²) in [5.41, 5.74) is 0. The second kappa shape index (κ2) is 14.5. The number of imidazole rings is 1. The maximum Gasteiger partial charge on any atom is 0.344 e. The van der Waals surface area contributed by atoms with Crippen LogP contribution < -0.4 is 4.57 Å². The van der Waals surface area contributed by atoms with Crippen molar-refractivity contribution in [2.45, 2.75) is 109 Å². The quantitative estimate of drug-likeness (QED) is 0.143. The van der Waals surface area contributed by atoms with Crippen molar-refractivity contribution in [1.82, 2.24) is 4.57 Å². The smallest absolute Gasteiger partial charge is 0.324 e. The molecule has 0 aliphatic carbocycles. The number of nitrogens with zero attached hydrogens (tertiary/aromatic N) is 2. The molecule has 0 aliphatic heterocycles. The zero-order valence-corrected chi connectivity index (χ0v) is 20.1. The summed E-state index contributed by atoms with van der Waals surface area (Å²) in [5, 5.41) is -2.01. The Labute approximate surface area is 181 Å². The molecular formula is C20H41N2O6P2+. The van der Waals surface area contributed by atoms with Crippen LogP contribution in [0.25, 0.3) is 0 Å². The van der Waals surface area contributed by atoms with Gasteiger partial charge in [-0.15, -0.1) is 0 Å². The van der Waals surface area contributed by atoms with Gasteiger partial charge in [-0.2, -0.15) is 0 Å². The van der Waals surface area contributed by atoms with Gasteiger partial charge in [0, 0.05) is 0 Å². The first-order valence-electron chi connectivity index (χ1n) is 11.3. The van der Waals surface area contributed by atoms with E-state index >= 15 is 0 Å². The highest BCUT2D eigenvalue weighted by atomic mass is 31.2. The van der Waals surface area contributed by atoms with Crippen molar-refractivity contribution in [2.75, 3.05) is 0 Å². The van der Waals surface area contributed by atoms with E-state index in [0.717, 1.165) is 19.4 Å². The topological polar surface area (TPSA) is 124 Å². The van der Waals surface area contributed by atoms with Crippen LogP contribution in [0.1, 0.15) is 90.4 Å². The van der Waals surface area contributed by atoms with Crippen molar-refractivity contribution in [3.63, 3.8) is 0 Å². The van der Waals surface area contributed by atoms with E-state index in [1.807, 2.05) is 4.57 Å². The molecule has 30 heavy (non-hydrogen) atoms. The molecule has 8 nitrogen and oxygen atoms in total. The van der Waals surface area contributed by atoms with Crippen LogP contribution in [-0.2, 0) is 22.2 Å². The lowest BCUT2D eigenvalue weighted by molar-refractivity contribution is -0.694. The molecule has 1 heterocycles. The third-order valence-corrected chi connectivity index (χ3v) is 9.10. The Morgan fingerprint density at radius 1 is 0.767 bits per heavy atom. The van der Waals surface area contributed by atoms with Crippen molar-refractivity contribution in [1.29, 1.82) is 0 Å². The van der Waals surface area contributed by atoms with Crippen LogP contribution in [-0.4, -0.2) is 29.5 Å². The lowest BCUT2D eigenvalue weighted by atomic mass is 10.0. The number of unbranched alkanes of at least 4 members (excludes halogenated alkanes) is 12. The van der Waals surface area contributed by atoms with Crippen LogP contribution in [0.5, 0.6) is 0 Å². The first-order valence-corrected chi connectivity index (χ1v) is 14.7. The SMILES string of the molecule is CCCCCCCCCCCCCCCn1cc[n+](CC(P(=O)(O)O)P(=O)(O)O)c1. The average molecular weight is 468 g/mol. The van der Waals surface area contributed by atoms with Gasteiger partial charge in [-0.25, -0.2) is 9.13 Å². The molecule has 0 unspecified atom stereocenters. The number of aromatic nitrogens is 2. The van der Waals surface area contributed by atoms with Crippen LogP contribution >= 0.6 is 15.2 Å². The second-order valence-electron chi connectivity index (χ2n) is 8.25. The number of hydrogen-bond donors (Lipinski definition) is 4. The predicted molar refractivity (Wildman–Crippen MR) is 118 cm³/mol. The van der Waals surface area contributed by atoms with Gasteiger partial charge in [-0.05, 0) is 12.8 Å². The Balaban J connectivity index is 2.13. The molecule has 0 saturated heterocycles. The number of hydrogen-bond acceptors (Lipinski definition) is 2. The first kappa shape index (κ1) is 27.5. The van der Waals surface area contributed by atoms with E-state index in [0.29, 0.717) is 0 Å². The van der Waals surface area contributed by atoms with Gasteiger partial charge in [-0.1, -0.05) is 77.6 Å². The van der Waals surface area contributed by atoms with Gasteiger partial charge < -0.3 is 19.6 Å². The molecule has 0 amide bonds. The third-order valence-electron chi connectivity index (χ3n) is 5.42. The fraction of sp³-hybridized carbons (Fsp3) is 0.850. The normalized spacial score (nSPS) is 12.7. The lowest BCUT2D eigenvalue weighted by Gasteiger charge is -2.17. The summed E-state index contributed by atoms with van der Waals surface area (Å²) in [7, 11) is -9.80. The van der Waals surface area contributed by atoms with Crippen LogP contribution in [0.4, 0.5) is 0 Å². The van der Waals surface area contributed by atoms with Gasteiger partial charge in [-0.3, -0.25) is 9.13 Å². The van der Waals surface area contributed by atoms with Crippen LogP contribution in [0.15, 0.2) is 18.7 Å². The highest BCUT2D eigenvalue weighted by Crippen LogP contribution is 2.59. The highest BCUT2D eigenvalue weighted by molar-refractivity contribution is 7.70. The van der Waals surface area contributed by atoms with E-state index in [-0.39, 0.29) is 0 Å². The Morgan fingerprint density at radius 2 is 1.20 bits per heavy atom. The van der Waals surface area contributed by atoms with Crippen LogP contribution in [0, 0.1) is 0 Å². The zero-order valence-electron chi connectivity index (χ0n) is 18.3. The average Bonchev–Trinajstić information content (AvgIpc) is 3.09. The zero-order chi connectivity index (χ0) is 22.5. The standard InChI is InChI=1S/C20H40N2O6P2/c1-2-3-4-5-6-7-8-9-10-11-12-13-14-15-21-16-17-22(19-21)18-20(29(23,24)25)30(26,27)28/h16-17,19-20H,2-15,18H2,1H3,(H3-,23,24,25,26,27,28)/p+1. The van der Waals surface area contributed by atoms with E-state index in [4.69, 9.17) is 0 Å². The van der Waals surface area contributed by atoms with Gasteiger partial charge in [0.1, 0.15) is 18.9 Å². The fourth-order valence-electron chi connectivity index (χ4n) is 3.59. The fourth-order valence-corrected chi connectivity index (χ4v) is 5.96. The van der Waals surface area contributed by atoms with E-state index in [1.54, 1.807) is 18.7 Å². The highest BCUT2D eigenvalue weighted by Gasteiger charge is 2.45. The van der Waals surface area contributed by atoms with E-state index < -0.39 is 27.1 Å². The Hall–Kier alpha value is -0.490. The summed E-state index contributed by atoms with van der Waals surface area (Å²) >= 11 is 0. The molecule has 176 valence electrons. The molecule has 0 aromatic carbocycles. The van der Waals surface area contributed by atoms with Crippen molar-refractivity contribution in [3.05, 3.63) is 18.7 Å². The van der Waals surface area contributed by atoms with Crippen molar-refractivity contribution < 1.29 is 33.3 Å². The number of aryl methyl sites for hydroxylation is 1. The molecule has 0 fully saturated rings. The molecule has 0 atom stereocenters. The van der Waals surface area contributed by atoms with E-state index in [1.165, 1.54) is 75.2 Å². The maximum absolute atomic E-state index is 11.4. The lowest BCUT2D eigenvalue weighted by Crippen LogP contribution is -2.38. The largest absolute Gasteiger partial charge is 0.344 e. The van der Waals surface area contributed by atoms with Crippen LogP contribution in [0.2, 0.25) is 0 Å². The van der Waals surface area contributed by atoms with Gasteiger partial charge >= 0.3 is 15.2 Å². The molecule has 1 rings (SSSR count). The van der Waals surface area contributed by atoms with Crippen LogP contribution in [0.3, 0.4) is 0 Å². The van der Waals surface area contributed by atoms with Gasteiger partial charge in [0.2, 0.25) is 6.33 Å². The van der Waals surface area contributed by atoms with E-state index in [9.17, 15) is 28.7 Å². The summed E-state index contributed by atoms with van der Waals surface area (Å²) in [5.74, 6) is 0. The molecule has 0 saturated carbocycles. The molecule has 0 bridgehead atoms. The molecule has 4 N–H and O–H groups in total. The molecule has 0 radical (unpaired) electrons. The summed E-state index contributed by atoms with van der Waals surface area (Å²) in [6.07, 6.45) is 21.7. The van der Waals surface area contributed by atoms with Gasteiger partial charge in [0.05, 0.1) is 6.54 Å². The Kier molecular flexibility index (Phi) is 13.4.